The quantitative estimate of drug-likeness (QED) is 0.921. The van der Waals surface area contributed by atoms with Gasteiger partial charge in [0.15, 0.2) is 0 Å². The average Bonchev–Trinajstić information content (AvgIpc) is 3.12. The van der Waals surface area contributed by atoms with Crippen molar-refractivity contribution in [2.24, 2.45) is 0 Å². The van der Waals surface area contributed by atoms with Crippen molar-refractivity contribution in [3.05, 3.63) is 28.8 Å². The van der Waals surface area contributed by atoms with Crippen LogP contribution in [0.15, 0.2) is 12.1 Å². The molecule has 2 amide bonds. The first-order valence-corrected chi connectivity index (χ1v) is 7.62. The summed E-state index contributed by atoms with van der Waals surface area (Å²) in [5.41, 5.74) is 2.53. The molecule has 2 aliphatic rings. The number of carbonyl (C=O) groups is 2. The van der Waals surface area contributed by atoms with Crippen LogP contribution in [0.25, 0.3) is 0 Å². The van der Waals surface area contributed by atoms with Gasteiger partial charge in [0.25, 0.3) is 0 Å². The molecule has 0 spiro atoms. The third-order valence-corrected chi connectivity index (χ3v) is 4.65. The zero-order chi connectivity index (χ0) is 16.1. The highest BCUT2D eigenvalue weighted by Crippen LogP contribution is 2.40. The van der Waals surface area contributed by atoms with Gasteiger partial charge >= 0.3 is 0 Å². The van der Waals surface area contributed by atoms with Gasteiger partial charge in [-0.25, -0.2) is 0 Å². The summed E-state index contributed by atoms with van der Waals surface area (Å²) >= 11 is 0. The Labute approximate surface area is 130 Å². The van der Waals surface area contributed by atoms with E-state index < -0.39 is 5.54 Å². The molecule has 5 heteroatoms. The molecule has 1 heterocycles. The molecule has 1 saturated carbocycles. The van der Waals surface area contributed by atoms with Crippen LogP contribution in [0.1, 0.15) is 35.4 Å². The Balaban J connectivity index is 1.79. The second-order valence-corrected chi connectivity index (χ2v) is 6.61. The van der Waals surface area contributed by atoms with Gasteiger partial charge in [-0.05, 0) is 43.9 Å². The number of benzene rings is 1. The highest BCUT2D eigenvalue weighted by molar-refractivity contribution is 5.96. The summed E-state index contributed by atoms with van der Waals surface area (Å²) in [7, 11) is 3.43. The van der Waals surface area contributed by atoms with Crippen molar-refractivity contribution in [1.29, 1.82) is 0 Å². The fourth-order valence-corrected chi connectivity index (χ4v) is 2.96. The van der Waals surface area contributed by atoms with Crippen LogP contribution >= 0.6 is 0 Å². The molecule has 0 aromatic heterocycles. The number of nitrogens with zero attached hydrogens (tertiary/aromatic N) is 1. The molecule has 0 bridgehead atoms. The fraction of sp³-hybridized carbons (Fsp3) is 0.529. The number of aryl methyl sites for hydroxylation is 2. The molecular weight excluding hydrogens is 280 g/mol. The van der Waals surface area contributed by atoms with E-state index in [1.54, 1.807) is 19.0 Å². The van der Waals surface area contributed by atoms with Crippen molar-refractivity contribution in [2.45, 2.75) is 38.1 Å². The molecule has 1 aromatic rings. The number of nitrogens with one attached hydrogen (secondary N) is 1. The molecule has 1 atom stereocenters. The van der Waals surface area contributed by atoms with E-state index in [4.69, 9.17) is 4.74 Å². The zero-order valence-electron chi connectivity index (χ0n) is 13.5. The lowest BCUT2D eigenvalue weighted by Gasteiger charge is -2.22. The van der Waals surface area contributed by atoms with Crippen molar-refractivity contribution >= 4 is 11.8 Å². The van der Waals surface area contributed by atoms with Crippen LogP contribution in [0.2, 0.25) is 0 Å². The van der Waals surface area contributed by atoms with Crippen LogP contribution < -0.4 is 10.1 Å². The fourth-order valence-electron chi connectivity index (χ4n) is 2.96. The maximum atomic E-state index is 12.6. The molecule has 1 N–H and O–H groups in total. The summed E-state index contributed by atoms with van der Waals surface area (Å²) < 4.78 is 5.65. The van der Waals surface area contributed by atoms with Crippen molar-refractivity contribution in [2.75, 3.05) is 20.7 Å². The molecule has 118 valence electrons. The Hall–Kier alpha value is -2.04. The molecule has 0 radical (unpaired) electrons. The minimum Gasteiger partial charge on any atom is -0.492 e. The summed E-state index contributed by atoms with van der Waals surface area (Å²) in [6.45, 7) is 4.40. The predicted octanol–water partition coefficient (Wildman–Crippen LogP) is 1.52. The van der Waals surface area contributed by atoms with E-state index in [9.17, 15) is 9.59 Å². The standard InChI is InChI=1S/C17H22N2O3/c1-10-7-12-13(9-22-14(12)8-11(10)2)15(20)18-17(5-6-17)16(21)19(3)4/h7-8,13H,5-6,9H2,1-4H3,(H,18,20). The maximum Gasteiger partial charge on any atom is 0.247 e. The Bertz CT molecular complexity index is 648. The van der Waals surface area contributed by atoms with Crippen molar-refractivity contribution in [1.82, 2.24) is 10.2 Å². The third-order valence-electron chi connectivity index (χ3n) is 4.65. The van der Waals surface area contributed by atoms with Crippen LogP contribution in [0, 0.1) is 13.8 Å². The molecule has 22 heavy (non-hydrogen) atoms. The van der Waals surface area contributed by atoms with Gasteiger partial charge in [0, 0.05) is 19.7 Å². The Morgan fingerprint density at radius 2 is 1.86 bits per heavy atom. The van der Waals surface area contributed by atoms with Crippen LogP contribution in [-0.2, 0) is 9.59 Å². The average molecular weight is 302 g/mol. The van der Waals surface area contributed by atoms with E-state index >= 15 is 0 Å². The van der Waals surface area contributed by atoms with Crippen molar-refractivity contribution < 1.29 is 14.3 Å². The van der Waals surface area contributed by atoms with E-state index in [2.05, 4.69) is 5.32 Å². The van der Waals surface area contributed by atoms with Crippen molar-refractivity contribution in [3.63, 3.8) is 0 Å². The van der Waals surface area contributed by atoms with Gasteiger partial charge in [0.2, 0.25) is 11.8 Å². The molecule has 5 nitrogen and oxygen atoms in total. The minimum absolute atomic E-state index is 0.0277. The second kappa shape index (κ2) is 5.00. The summed E-state index contributed by atoms with van der Waals surface area (Å²) in [5.74, 6) is 0.309. The largest absolute Gasteiger partial charge is 0.492 e. The lowest BCUT2D eigenvalue weighted by Crippen LogP contribution is -2.50. The van der Waals surface area contributed by atoms with Gasteiger partial charge in [0.05, 0.1) is 0 Å². The SMILES string of the molecule is Cc1cc2c(cc1C)C(C(=O)NC1(C(=O)N(C)C)CC1)CO2. The van der Waals surface area contributed by atoms with Crippen molar-refractivity contribution in [3.8, 4) is 5.75 Å². The molecule has 1 unspecified atom stereocenters. The normalized spacial score (nSPS) is 20.8. The van der Waals surface area contributed by atoms with Gasteiger partial charge < -0.3 is 15.0 Å². The van der Waals surface area contributed by atoms with Gasteiger partial charge in [-0.1, -0.05) is 6.07 Å². The molecule has 1 aliphatic heterocycles. The first-order chi connectivity index (χ1) is 10.3. The minimum atomic E-state index is -0.691. The molecule has 1 aromatic carbocycles. The number of likely N-dealkylation sites (N-methyl/N-ethyl adjacent to an activating group) is 1. The van der Waals surface area contributed by atoms with Gasteiger partial charge in [-0.15, -0.1) is 0 Å². The van der Waals surface area contributed by atoms with Gasteiger partial charge in [0.1, 0.15) is 23.8 Å². The maximum absolute atomic E-state index is 12.6. The number of hydrogen-bond acceptors (Lipinski definition) is 3. The van der Waals surface area contributed by atoms with Crippen LogP contribution in [-0.4, -0.2) is 43.0 Å². The molecule has 0 saturated heterocycles. The Morgan fingerprint density at radius 3 is 2.45 bits per heavy atom. The summed E-state index contributed by atoms with van der Waals surface area (Å²) in [6.07, 6.45) is 1.42. The third kappa shape index (κ3) is 2.34. The number of fused-ring (bicyclic) bond motifs is 1. The van der Waals surface area contributed by atoms with E-state index in [-0.39, 0.29) is 17.7 Å². The molecular formula is C17H22N2O3. The van der Waals surface area contributed by atoms with E-state index in [0.29, 0.717) is 19.4 Å². The summed E-state index contributed by atoms with van der Waals surface area (Å²) in [4.78, 5) is 26.4. The highest BCUT2D eigenvalue weighted by Gasteiger charge is 2.53. The number of amides is 2. The van der Waals surface area contributed by atoms with Gasteiger partial charge in [-0.3, -0.25) is 9.59 Å². The highest BCUT2D eigenvalue weighted by atomic mass is 16.5. The lowest BCUT2D eigenvalue weighted by atomic mass is 9.96. The predicted molar refractivity (Wildman–Crippen MR) is 83.0 cm³/mol. The number of rotatable bonds is 3. The first-order valence-electron chi connectivity index (χ1n) is 7.62. The molecule has 1 fully saturated rings. The first kappa shape index (κ1) is 14.9. The smallest absolute Gasteiger partial charge is 0.247 e. The van der Waals surface area contributed by atoms with E-state index in [1.165, 1.54) is 0 Å². The molecule has 1 aliphatic carbocycles. The van der Waals surface area contributed by atoms with E-state index in [0.717, 1.165) is 22.4 Å². The summed E-state index contributed by atoms with van der Waals surface area (Å²) in [5, 5.41) is 2.96. The van der Waals surface area contributed by atoms with Gasteiger partial charge in [-0.2, -0.15) is 0 Å². The number of ether oxygens (including phenoxy) is 1. The summed E-state index contributed by atoms with van der Waals surface area (Å²) in [6, 6.07) is 4.01. The van der Waals surface area contributed by atoms with Crippen LogP contribution in [0.3, 0.4) is 0 Å². The van der Waals surface area contributed by atoms with Crippen LogP contribution in [0.4, 0.5) is 0 Å². The lowest BCUT2D eigenvalue weighted by molar-refractivity contribution is -0.136. The van der Waals surface area contributed by atoms with Crippen LogP contribution in [0.5, 0.6) is 5.75 Å². The Morgan fingerprint density at radius 1 is 1.23 bits per heavy atom. The monoisotopic (exact) mass is 302 g/mol. The second-order valence-electron chi connectivity index (χ2n) is 6.61. The number of hydrogen-bond donors (Lipinski definition) is 1. The molecule has 3 rings (SSSR count). The number of carbonyl (C=O) groups excluding carboxylic acids is 2. The Kier molecular flexibility index (Phi) is 3.38. The van der Waals surface area contributed by atoms with E-state index in [1.807, 2.05) is 26.0 Å². The topological polar surface area (TPSA) is 58.6 Å². The zero-order valence-corrected chi connectivity index (χ0v) is 13.5.